The Labute approximate surface area is 239 Å². The molecule has 1 amide bonds. The summed E-state index contributed by atoms with van der Waals surface area (Å²) in [5.74, 6) is -0.881. The van der Waals surface area contributed by atoms with Crippen LogP contribution < -0.4 is 4.90 Å². The molecule has 6 nitrogen and oxygen atoms in total. The SMILES string of the molecule is COC(=O)CN1C(=S)N(c2ccc(Cl)cc2)C(=O)/C1=C/c1cn(Cc2ccc(Cl)c(Cl)c2)c2ccccc12. The fourth-order valence-corrected chi connectivity index (χ4v) is 5.15. The number of anilines is 1. The molecule has 0 spiro atoms. The van der Waals surface area contributed by atoms with E-state index in [0.29, 0.717) is 27.3 Å². The number of amides is 1. The first-order chi connectivity index (χ1) is 18.3. The van der Waals surface area contributed by atoms with Gasteiger partial charge in [-0.05, 0) is 66.3 Å². The van der Waals surface area contributed by atoms with Crippen LogP contribution in [0.3, 0.4) is 0 Å². The Hall–Kier alpha value is -3.36. The number of methoxy groups -OCH3 is 1. The topological polar surface area (TPSA) is 54.8 Å². The molecule has 0 aliphatic carbocycles. The maximum atomic E-state index is 13.7. The lowest BCUT2D eigenvalue weighted by Crippen LogP contribution is -2.35. The summed E-state index contributed by atoms with van der Waals surface area (Å²) in [6, 6.07) is 20.1. The smallest absolute Gasteiger partial charge is 0.325 e. The van der Waals surface area contributed by atoms with E-state index < -0.39 is 5.97 Å². The van der Waals surface area contributed by atoms with Crippen LogP contribution in [-0.4, -0.2) is 40.1 Å². The molecule has 2 heterocycles. The highest BCUT2D eigenvalue weighted by molar-refractivity contribution is 7.80. The Balaban J connectivity index is 1.59. The number of halogens is 3. The Morgan fingerprint density at radius 1 is 1.00 bits per heavy atom. The summed E-state index contributed by atoms with van der Waals surface area (Å²) in [5, 5.41) is 2.61. The van der Waals surface area contributed by atoms with Crippen molar-refractivity contribution in [3.8, 4) is 0 Å². The number of benzene rings is 3. The quantitative estimate of drug-likeness (QED) is 0.142. The van der Waals surface area contributed by atoms with Gasteiger partial charge in [0.1, 0.15) is 12.2 Å². The van der Waals surface area contributed by atoms with Crippen LogP contribution in [0, 0.1) is 0 Å². The molecule has 10 heteroatoms. The largest absolute Gasteiger partial charge is 0.468 e. The number of esters is 1. The van der Waals surface area contributed by atoms with E-state index >= 15 is 0 Å². The Kier molecular flexibility index (Phi) is 7.45. The molecular formula is C28H20Cl3N3O3S. The minimum Gasteiger partial charge on any atom is -0.468 e. The van der Waals surface area contributed by atoms with Gasteiger partial charge < -0.3 is 14.2 Å². The lowest BCUT2D eigenvalue weighted by molar-refractivity contribution is -0.140. The van der Waals surface area contributed by atoms with Gasteiger partial charge in [-0.3, -0.25) is 14.5 Å². The second-order valence-electron chi connectivity index (χ2n) is 8.57. The molecule has 1 saturated heterocycles. The molecule has 0 radical (unpaired) electrons. The van der Waals surface area contributed by atoms with Crippen molar-refractivity contribution in [3.63, 3.8) is 0 Å². The molecule has 1 fully saturated rings. The molecule has 38 heavy (non-hydrogen) atoms. The number of fused-ring (bicyclic) bond motifs is 1. The molecule has 0 bridgehead atoms. The van der Waals surface area contributed by atoms with E-state index in [1.807, 2.05) is 42.6 Å². The third kappa shape index (κ3) is 5.02. The van der Waals surface area contributed by atoms with E-state index in [9.17, 15) is 9.59 Å². The van der Waals surface area contributed by atoms with Crippen molar-refractivity contribution in [3.05, 3.63) is 105 Å². The summed E-state index contributed by atoms with van der Waals surface area (Å²) >= 11 is 24.0. The van der Waals surface area contributed by atoms with Gasteiger partial charge in [0.05, 0.1) is 22.8 Å². The predicted octanol–water partition coefficient (Wildman–Crippen LogP) is 6.80. The molecule has 1 aromatic heterocycles. The molecule has 5 rings (SSSR count). The van der Waals surface area contributed by atoms with Crippen molar-refractivity contribution in [1.82, 2.24) is 9.47 Å². The van der Waals surface area contributed by atoms with Crippen molar-refractivity contribution < 1.29 is 14.3 Å². The number of hydrogen-bond acceptors (Lipinski definition) is 4. The monoisotopic (exact) mass is 583 g/mol. The van der Waals surface area contributed by atoms with Crippen molar-refractivity contribution in [2.75, 3.05) is 18.6 Å². The number of hydrogen-bond donors (Lipinski definition) is 0. The average Bonchev–Trinajstić information content (AvgIpc) is 3.36. The summed E-state index contributed by atoms with van der Waals surface area (Å²) in [7, 11) is 1.29. The van der Waals surface area contributed by atoms with E-state index in [2.05, 4.69) is 4.57 Å². The molecule has 0 atom stereocenters. The lowest BCUT2D eigenvalue weighted by Gasteiger charge is -2.19. The number of para-hydroxylation sites is 1. The van der Waals surface area contributed by atoms with E-state index in [4.69, 9.17) is 51.8 Å². The second-order valence-corrected chi connectivity index (χ2v) is 10.2. The zero-order valence-electron chi connectivity index (χ0n) is 20.0. The highest BCUT2D eigenvalue weighted by Gasteiger charge is 2.40. The van der Waals surface area contributed by atoms with E-state index in [1.165, 1.54) is 16.9 Å². The van der Waals surface area contributed by atoms with Gasteiger partial charge in [0.15, 0.2) is 5.11 Å². The molecule has 4 aromatic rings. The highest BCUT2D eigenvalue weighted by atomic mass is 35.5. The van der Waals surface area contributed by atoms with Crippen LogP contribution >= 0.6 is 47.0 Å². The van der Waals surface area contributed by atoms with E-state index in [1.54, 1.807) is 36.4 Å². The first-order valence-corrected chi connectivity index (χ1v) is 13.0. The standard InChI is InChI=1S/C28H20Cl3N3O3S/c1-37-26(35)16-33-25(27(36)34(28(33)38)20-9-7-19(29)8-10-20)13-18-15-32(24-5-3-2-4-21(18)24)14-17-6-11-22(30)23(31)12-17/h2-13,15H,14,16H2,1H3/b25-13-. The fraction of sp³-hybridized carbons (Fsp3) is 0.107. The second kappa shape index (κ2) is 10.8. The van der Waals surface area contributed by atoms with Crippen molar-refractivity contribution in [1.29, 1.82) is 0 Å². The van der Waals surface area contributed by atoms with Crippen molar-refractivity contribution >= 4 is 86.7 Å². The number of carbonyl (C=O) groups excluding carboxylic acids is 2. The first kappa shape index (κ1) is 26.3. The number of nitrogens with zero attached hydrogens (tertiary/aromatic N) is 3. The van der Waals surface area contributed by atoms with Crippen molar-refractivity contribution in [2.24, 2.45) is 0 Å². The van der Waals surface area contributed by atoms with E-state index in [0.717, 1.165) is 22.0 Å². The lowest BCUT2D eigenvalue weighted by atomic mass is 10.1. The number of aromatic nitrogens is 1. The van der Waals surface area contributed by atoms with Gasteiger partial charge in [-0.25, -0.2) is 0 Å². The van der Waals surface area contributed by atoms with Gasteiger partial charge >= 0.3 is 5.97 Å². The summed E-state index contributed by atoms with van der Waals surface area (Å²) in [4.78, 5) is 28.8. The van der Waals surface area contributed by atoms with Gasteiger partial charge in [-0.1, -0.05) is 59.1 Å². The Morgan fingerprint density at radius 3 is 2.45 bits per heavy atom. The first-order valence-electron chi connectivity index (χ1n) is 11.5. The van der Waals surface area contributed by atoms with Gasteiger partial charge in [-0.2, -0.15) is 0 Å². The van der Waals surface area contributed by atoms with Crippen LogP contribution in [0.4, 0.5) is 5.69 Å². The zero-order valence-corrected chi connectivity index (χ0v) is 23.1. The molecule has 0 saturated carbocycles. The summed E-state index contributed by atoms with van der Waals surface area (Å²) in [6.07, 6.45) is 3.71. The van der Waals surface area contributed by atoms with Crippen LogP contribution in [0.5, 0.6) is 0 Å². The van der Waals surface area contributed by atoms with Crippen LogP contribution in [0.1, 0.15) is 11.1 Å². The number of thiocarbonyl (C=S) groups is 1. The molecular weight excluding hydrogens is 565 g/mol. The van der Waals surface area contributed by atoms with Crippen LogP contribution in [-0.2, 0) is 20.9 Å². The van der Waals surface area contributed by atoms with Crippen molar-refractivity contribution in [2.45, 2.75) is 6.54 Å². The Bertz CT molecular complexity index is 1610. The number of carbonyl (C=O) groups is 2. The average molecular weight is 585 g/mol. The molecule has 1 aliphatic rings. The summed E-state index contributed by atoms with van der Waals surface area (Å²) in [6.45, 7) is 0.328. The van der Waals surface area contributed by atoms with Crippen LogP contribution in [0.2, 0.25) is 15.1 Å². The zero-order chi connectivity index (χ0) is 27.0. The molecule has 0 N–H and O–H groups in total. The van der Waals surface area contributed by atoms with Crippen LogP contribution in [0.15, 0.2) is 78.6 Å². The van der Waals surface area contributed by atoms with Gasteiger partial charge in [-0.15, -0.1) is 0 Å². The molecule has 1 aliphatic heterocycles. The fourth-order valence-electron chi connectivity index (χ4n) is 4.35. The minimum atomic E-state index is -0.522. The normalized spacial score (nSPS) is 14.7. The maximum Gasteiger partial charge on any atom is 0.325 e. The number of ether oxygens (including phenoxy) is 1. The third-order valence-corrected chi connectivity index (χ3v) is 7.58. The minimum absolute atomic E-state index is 0.175. The molecule has 3 aromatic carbocycles. The van der Waals surface area contributed by atoms with E-state index in [-0.39, 0.29) is 23.3 Å². The third-order valence-electron chi connectivity index (χ3n) is 6.18. The Morgan fingerprint density at radius 2 is 1.74 bits per heavy atom. The summed E-state index contributed by atoms with van der Waals surface area (Å²) < 4.78 is 6.94. The molecule has 192 valence electrons. The van der Waals surface area contributed by atoms with Gasteiger partial charge in [0.2, 0.25) is 0 Å². The van der Waals surface area contributed by atoms with Gasteiger partial charge in [0, 0.05) is 34.2 Å². The van der Waals surface area contributed by atoms with Gasteiger partial charge in [0.25, 0.3) is 5.91 Å². The number of rotatable bonds is 6. The molecule has 0 unspecified atom stereocenters. The highest BCUT2D eigenvalue weighted by Crippen LogP contribution is 2.32. The predicted molar refractivity (Wildman–Crippen MR) is 156 cm³/mol. The maximum absolute atomic E-state index is 13.7. The summed E-state index contributed by atoms with van der Waals surface area (Å²) in [5.41, 5.74) is 3.53. The van der Waals surface area contributed by atoms with Crippen LogP contribution in [0.25, 0.3) is 17.0 Å².